The fourth-order valence-electron chi connectivity index (χ4n) is 3.30. The summed E-state index contributed by atoms with van der Waals surface area (Å²) in [6, 6.07) is 14.5. The van der Waals surface area contributed by atoms with Gasteiger partial charge >= 0.3 is 0 Å². The Labute approximate surface area is 161 Å². The molecule has 1 saturated carbocycles. The van der Waals surface area contributed by atoms with Crippen LogP contribution in [0.1, 0.15) is 35.8 Å². The van der Waals surface area contributed by atoms with E-state index in [0.29, 0.717) is 5.92 Å². The molecule has 1 aromatic carbocycles. The summed E-state index contributed by atoms with van der Waals surface area (Å²) < 4.78 is 3.82. The molecule has 2 N–H and O–H groups in total. The molecule has 1 fully saturated rings. The number of thioether (sulfide) groups is 1. The van der Waals surface area contributed by atoms with E-state index in [1.165, 1.54) is 5.56 Å². The highest BCUT2D eigenvalue weighted by Gasteiger charge is 2.30. The van der Waals surface area contributed by atoms with Gasteiger partial charge in [-0.05, 0) is 31.4 Å². The first-order chi connectivity index (χ1) is 13.2. The Kier molecular flexibility index (Phi) is 3.89. The number of hydrogen-bond donors (Lipinski definition) is 1. The van der Waals surface area contributed by atoms with E-state index >= 15 is 0 Å². The monoisotopic (exact) mass is 376 g/mol. The van der Waals surface area contributed by atoms with Crippen molar-refractivity contribution in [3.05, 3.63) is 65.7 Å². The Morgan fingerprint density at radius 2 is 1.93 bits per heavy atom. The minimum absolute atomic E-state index is 0.482. The lowest BCUT2D eigenvalue weighted by Crippen LogP contribution is -2.13. The number of benzene rings is 1. The number of hydrogen-bond acceptors (Lipinski definition) is 5. The molecule has 0 amide bonds. The van der Waals surface area contributed by atoms with E-state index < -0.39 is 0 Å². The molecule has 0 radical (unpaired) electrons. The van der Waals surface area contributed by atoms with Crippen molar-refractivity contribution < 1.29 is 0 Å². The molecular formula is C20H20N6S. The van der Waals surface area contributed by atoms with E-state index in [0.717, 1.165) is 52.2 Å². The van der Waals surface area contributed by atoms with Crippen LogP contribution in [-0.4, -0.2) is 24.3 Å². The van der Waals surface area contributed by atoms with E-state index in [9.17, 15) is 0 Å². The van der Waals surface area contributed by atoms with Crippen LogP contribution in [0.25, 0.3) is 16.9 Å². The van der Waals surface area contributed by atoms with Crippen LogP contribution in [0.2, 0.25) is 0 Å². The summed E-state index contributed by atoms with van der Waals surface area (Å²) in [6.45, 7) is 2.09. The van der Waals surface area contributed by atoms with Gasteiger partial charge in [-0.3, -0.25) is 0 Å². The lowest BCUT2D eigenvalue weighted by molar-refractivity contribution is 0.789. The van der Waals surface area contributed by atoms with Crippen LogP contribution in [0.4, 0.5) is 0 Å². The number of rotatable bonds is 5. The van der Waals surface area contributed by atoms with Crippen LogP contribution in [0, 0.1) is 6.92 Å². The van der Waals surface area contributed by atoms with Gasteiger partial charge in [-0.25, -0.2) is 9.66 Å². The van der Waals surface area contributed by atoms with Crippen LogP contribution in [0.5, 0.6) is 0 Å². The molecule has 0 spiro atoms. The van der Waals surface area contributed by atoms with Crippen molar-refractivity contribution in [2.24, 2.45) is 0 Å². The number of nitrogen functional groups attached to an aromatic ring is 1. The van der Waals surface area contributed by atoms with Crippen LogP contribution < -0.4 is 5.84 Å². The van der Waals surface area contributed by atoms with Gasteiger partial charge in [0.05, 0.1) is 11.4 Å². The second-order valence-corrected chi connectivity index (χ2v) is 7.92. The van der Waals surface area contributed by atoms with Gasteiger partial charge in [0, 0.05) is 23.4 Å². The second kappa shape index (κ2) is 6.42. The number of nitrogens with two attached hydrogens (primary N) is 1. The standard InChI is InChI=1S/C20H20N6S/c1-13-7-10-17-22-18(14-5-3-2-4-6-14)16(25(17)11-13)12-27-20-24-23-19(26(20)21)15-8-9-15/h2-7,10-11,15H,8-9,12,21H2,1H3. The summed E-state index contributed by atoms with van der Waals surface area (Å²) in [6.07, 6.45) is 4.45. The zero-order chi connectivity index (χ0) is 18.4. The number of imidazole rings is 1. The van der Waals surface area contributed by atoms with Gasteiger partial charge in [-0.1, -0.05) is 48.2 Å². The molecule has 0 saturated heterocycles. The zero-order valence-electron chi connectivity index (χ0n) is 15.0. The number of fused-ring (bicyclic) bond motifs is 1. The average molecular weight is 376 g/mol. The van der Waals surface area contributed by atoms with Gasteiger partial charge in [-0.2, -0.15) is 0 Å². The van der Waals surface area contributed by atoms with Crippen molar-refractivity contribution in [1.82, 2.24) is 24.3 Å². The molecule has 136 valence electrons. The maximum atomic E-state index is 6.22. The van der Waals surface area contributed by atoms with Crippen LogP contribution in [0.15, 0.2) is 53.8 Å². The molecule has 3 heterocycles. The number of aromatic nitrogens is 5. The molecule has 1 aliphatic carbocycles. The lowest BCUT2D eigenvalue weighted by Gasteiger charge is -2.06. The molecule has 7 heteroatoms. The van der Waals surface area contributed by atoms with Crippen molar-refractivity contribution in [3.63, 3.8) is 0 Å². The normalized spacial score (nSPS) is 14.1. The summed E-state index contributed by atoms with van der Waals surface area (Å²) in [5.74, 6) is 8.31. The molecule has 3 aromatic heterocycles. The molecular weight excluding hydrogens is 356 g/mol. The Hall–Kier alpha value is -2.80. The quantitative estimate of drug-likeness (QED) is 0.424. The van der Waals surface area contributed by atoms with E-state index in [4.69, 9.17) is 10.8 Å². The van der Waals surface area contributed by atoms with Crippen LogP contribution in [-0.2, 0) is 5.75 Å². The summed E-state index contributed by atoms with van der Waals surface area (Å²) >= 11 is 1.60. The van der Waals surface area contributed by atoms with Gasteiger partial charge in [0.1, 0.15) is 5.65 Å². The Balaban J connectivity index is 1.54. The van der Waals surface area contributed by atoms with E-state index in [1.807, 2.05) is 18.2 Å². The fourth-order valence-corrected chi connectivity index (χ4v) is 4.18. The van der Waals surface area contributed by atoms with Crippen molar-refractivity contribution in [3.8, 4) is 11.3 Å². The molecule has 4 aromatic rings. The average Bonchev–Trinajstić information content (AvgIpc) is 3.37. The van der Waals surface area contributed by atoms with E-state index in [-0.39, 0.29) is 0 Å². The molecule has 0 bridgehead atoms. The van der Waals surface area contributed by atoms with Crippen molar-refractivity contribution in [2.45, 2.75) is 36.6 Å². The van der Waals surface area contributed by atoms with E-state index in [1.54, 1.807) is 16.4 Å². The summed E-state index contributed by atoms with van der Waals surface area (Å²) in [5.41, 5.74) is 5.40. The van der Waals surface area contributed by atoms with Gasteiger partial charge in [0.25, 0.3) is 0 Å². The minimum atomic E-state index is 0.482. The number of aryl methyl sites for hydroxylation is 1. The van der Waals surface area contributed by atoms with Crippen molar-refractivity contribution in [1.29, 1.82) is 0 Å². The van der Waals surface area contributed by atoms with Crippen LogP contribution >= 0.6 is 11.8 Å². The fraction of sp³-hybridized carbons (Fsp3) is 0.250. The first kappa shape index (κ1) is 16.4. The first-order valence-electron chi connectivity index (χ1n) is 9.07. The Morgan fingerprint density at radius 1 is 1.11 bits per heavy atom. The molecule has 5 rings (SSSR count). The maximum Gasteiger partial charge on any atom is 0.210 e. The molecule has 0 aliphatic heterocycles. The third-order valence-electron chi connectivity index (χ3n) is 4.88. The Morgan fingerprint density at radius 3 is 2.70 bits per heavy atom. The highest BCUT2D eigenvalue weighted by molar-refractivity contribution is 7.98. The third kappa shape index (κ3) is 2.98. The molecule has 6 nitrogen and oxygen atoms in total. The van der Waals surface area contributed by atoms with Gasteiger partial charge in [-0.15, -0.1) is 10.2 Å². The molecule has 0 atom stereocenters. The number of pyridine rings is 1. The summed E-state index contributed by atoms with van der Waals surface area (Å²) in [7, 11) is 0. The molecule has 0 unspecified atom stereocenters. The highest BCUT2D eigenvalue weighted by Crippen LogP contribution is 2.39. The summed E-state index contributed by atoms with van der Waals surface area (Å²) in [4.78, 5) is 4.88. The second-order valence-electron chi connectivity index (χ2n) is 6.98. The minimum Gasteiger partial charge on any atom is -0.336 e. The molecule has 1 aliphatic rings. The Bertz CT molecular complexity index is 1110. The molecule has 27 heavy (non-hydrogen) atoms. The zero-order valence-corrected chi connectivity index (χ0v) is 15.9. The topological polar surface area (TPSA) is 74.0 Å². The predicted molar refractivity (Wildman–Crippen MR) is 107 cm³/mol. The van der Waals surface area contributed by atoms with Crippen molar-refractivity contribution in [2.75, 3.05) is 5.84 Å². The third-order valence-corrected chi connectivity index (χ3v) is 5.84. The highest BCUT2D eigenvalue weighted by atomic mass is 32.2. The summed E-state index contributed by atoms with van der Waals surface area (Å²) in [5, 5.41) is 9.33. The van der Waals surface area contributed by atoms with Gasteiger partial charge < -0.3 is 10.2 Å². The SMILES string of the molecule is Cc1ccc2nc(-c3ccccc3)c(CSc3nnc(C4CC4)n3N)n2c1. The lowest BCUT2D eigenvalue weighted by atomic mass is 10.1. The van der Waals surface area contributed by atoms with Gasteiger partial charge in [0.15, 0.2) is 5.82 Å². The van der Waals surface area contributed by atoms with Crippen LogP contribution in [0.3, 0.4) is 0 Å². The predicted octanol–water partition coefficient (Wildman–Crippen LogP) is 3.78. The number of nitrogens with zero attached hydrogens (tertiary/aromatic N) is 5. The first-order valence-corrected chi connectivity index (χ1v) is 10.1. The smallest absolute Gasteiger partial charge is 0.210 e. The largest absolute Gasteiger partial charge is 0.336 e. The van der Waals surface area contributed by atoms with Crippen molar-refractivity contribution >= 4 is 17.4 Å². The van der Waals surface area contributed by atoms with E-state index in [2.05, 4.69) is 52.0 Å². The maximum absolute atomic E-state index is 6.22. The van der Waals surface area contributed by atoms with Gasteiger partial charge in [0.2, 0.25) is 5.16 Å².